The van der Waals surface area contributed by atoms with Gasteiger partial charge in [0.2, 0.25) is 5.95 Å². The zero-order chi connectivity index (χ0) is 13.7. The maximum absolute atomic E-state index is 5.42. The zero-order valence-corrected chi connectivity index (χ0v) is 12.0. The number of hydrazine groups is 1. The van der Waals surface area contributed by atoms with E-state index in [9.17, 15) is 0 Å². The van der Waals surface area contributed by atoms with Gasteiger partial charge in [-0.2, -0.15) is 4.98 Å². The lowest BCUT2D eigenvalue weighted by Gasteiger charge is -2.22. The van der Waals surface area contributed by atoms with Gasteiger partial charge >= 0.3 is 0 Å². The van der Waals surface area contributed by atoms with E-state index in [2.05, 4.69) is 27.2 Å². The van der Waals surface area contributed by atoms with E-state index in [0.29, 0.717) is 5.95 Å². The number of hydrogen-bond donors (Lipinski definition) is 2. The lowest BCUT2D eigenvalue weighted by Crippen LogP contribution is -2.26. The maximum atomic E-state index is 5.42. The first kappa shape index (κ1) is 14.1. The van der Waals surface area contributed by atoms with Crippen molar-refractivity contribution in [1.29, 1.82) is 0 Å². The van der Waals surface area contributed by atoms with Gasteiger partial charge in [-0.05, 0) is 32.1 Å². The average Bonchev–Trinajstić information content (AvgIpc) is 2.64. The lowest BCUT2D eigenvalue weighted by atomic mass is 9.96. The van der Waals surface area contributed by atoms with Gasteiger partial charge in [0.05, 0.1) is 0 Å². The summed E-state index contributed by atoms with van der Waals surface area (Å²) < 4.78 is 0. The molecule has 1 fully saturated rings. The van der Waals surface area contributed by atoms with Crippen molar-refractivity contribution in [1.82, 2.24) is 9.97 Å². The number of aromatic nitrogens is 2. The van der Waals surface area contributed by atoms with Crippen molar-refractivity contribution >= 4 is 11.8 Å². The number of nitrogens with one attached hydrogen (secondary N) is 1. The Morgan fingerprint density at radius 2 is 2.21 bits per heavy atom. The summed E-state index contributed by atoms with van der Waals surface area (Å²) in [5, 5.41) is 0. The molecule has 5 heteroatoms. The van der Waals surface area contributed by atoms with E-state index in [1.165, 1.54) is 32.1 Å². The van der Waals surface area contributed by atoms with Crippen molar-refractivity contribution < 1.29 is 0 Å². The second-order valence-electron chi connectivity index (χ2n) is 5.41. The molecule has 1 aromatic rings. The van der Waals surface area contributed by atoms with Crippen LogP contribution in [0.15, 0.2) is 6.07 Å². The number of hydrogen-bond acceptors (Lipinski definition) is 5. The molecule has 0 saturated carbocycles. The number of aryl methyl sites for hydroxylation is 1. The molecule has 5 nitrogen and oxygen atoms in total. The standard InChI is InChI=1S/C14H25N5/c1-3-5-12-6-4-8-19(9-7-12)13-10-11(2)16-14(17-13)18-15/h10,12H,3-9,15H2,1-2H3,(H,16,17,18). The van der Waals surface area contributed by atoms with Crippen molar-refractivity contribution in [3.05, 3.63) is 11.8 Å². The van der Waals surface area contributed by atoms with Gasteiger partial charge in [-0.3, -0.25) is 5.43 Å². The molecule has 2 rings (SSSR count). The summed E-state index contributed by atoms with van der Waals surface area (Å²) in [5.74, 6) is 7.80. The molecule has 3 N–H and O–H groups in total. The van der Waals surface area contributed by atoms with Crippen molar-refractivity contribution in [2.24, 2.45) is 11.8 Å². The Balaban J connectivity index is 2.07. The molecule has 2 heterocycles. The molecular weight excluding hydrogens is 238 g/mol. The van der Waals surface area contributed by atoms with Crippen LogP contribution in [0.25, 0.3) is 0 Å². The SMILES string of the molecule is CCCC1CCCN(c2cc(C)nc(NN)n2)CC1. The van der Waals surface area contributed by atoms with Crippen LogP contribution < -0.4 is 16.2 Å². The Bertz CT molecular complexity index is 407. The van der Waals surface area contributed by atoms with E-state index in [0.717, 1.165) is 30.5 Å². The highest BCUT2D eigenvalue weighted by Gasteiger charge is 2.18. The molecule has 1 aromatic heterocycles. The molecule has 0 aromatic carbocycles. The first-order chi connectivity index (χ1) is 9.22. The van der Waals surface area contributed by atoms with Gasteiger partial charge in [0.1, 0.15) is 5.82 Å². The van der Waals surface area contributed by atoms with Gasteiger partial charge in [-0.25, -0.2) is 10.8 Å². The van der Waals surface area contributed by atoms with E-state index >= 15 is 0 Å². The van der Waals surface area contributed by atoms with E-state index in [1.807, 2.05) is 13.0 Å². The highest BCUT2D eigenvalue weighted by molar-refractivity contribution is 5.44. The van der Waals surface area contributed by atoms with Crippen LogP contribution in [-0.2, 0) is 0 Å². The van der Waals surface area contributed by atoms with Crippen LogP contribution in [0.2, 0.25) is 0 Å². The predicted octanol–water partition coefficient (Wildman–Crippen LogP) is 2.48. The minimum atomic E-state index is 0.504. The number of nitrogen functional groups attached to an aromatic ring is 1. The van der Waals surface area contributed by atoms with Crippen molar-refractivity contribution in [2.45, 2.75) is 46.0 Å². The van der Waals surface area contributed by atoms with Crippen LogP contribution in [0.3, 0.4) is 0 Å². The third-order valence-corrected chi connectivity index (χ3v) is 3.84. The van der Waals surface area contributed by atoms with Crippen LogP contribution in [0.4, 0.5) is 11.8 Å². The summed E-state index contributed by atoms with van der Waals surface area (Å²) in [6.45, 7) is 6.42. The third kappa shape index (κ3) is 3.80. The monoisotopic (exact) mass is 263 g/mol. The summed E-state index contributed by atoms with van der Waals surface area (Å²) in [4.78, 5) is 11.1. The fourth-order valence-electron chi connectivity index (χ4n) is 2.87. The summed E-state index contributed by atoms with van der Waals surface area (Å²) >= 11 is 0. The van der Waals surface area contributed by atoms with Gasteiger partial charge in [-0.1, -0.05) is 19.8 Å². The van der Waals surface area contributed by atoms with Gasteiger partial charge in [0, 0.05) is 24.8 Å². The van der Waals surface area contributed by atoms with Crippen LogP contribution in [0.1, 0.15) is 44.7 Å². The Hall–Kier alpha value is -1.36. The lowest BCUT2D eigenvalue weighted by molar-refractivity contribution is 0.435. The first-order valence-electron chi connectivity index (χ1n) is 7.30. The Kier molecular flexibility index (Phi) is 4.96. The van der Waals surface area contributed by atoms with Gasteiger partial charge in [-0.15, -0.1) is 0 Å². The maximum Gasteiger partial charge on any atom is 0.239 e. The molecule has 0 spiro atoms. The molecule has 0 bridgehead atoms. The number of rotatable bonds is 4. The van der Waals surface area contributed by atoms with Crippen LogP contribution in [0, 0.1) is 12.8 Å². The number of nitrogens with zero attached hydrogens (tertiary/aromatic N) is 3. The first-order valence-corrected chi connectivity index (χ1v) is 7.30. The van der Waals surface area contributed by atoms with Crippen LogP contribution in [0.5, 0.6) is 0 Å². The number of anilines is 2. The second-order valence-corrected chi connectivity index (χ2v) is 5.41. The zero-order valence-electron chi connectivity index (χ0n) is 12.0. The van der Waals surface area contributed by atoms with Crippen LogP contribution in [-0.4, -0.2) is 23.1 Å². The summed E-state index contributed by atoms with van der Waals surface area (Å²) in [7, 11) is 0. The van der Waals surface area contributed by atoms with Crippen LogP contribution >= 0.6 is 0 Å². The minimum absolute atomic E-state index is 0.504. The molecule has 1 saturated heterocycles. The van der Waals surface area contributed by atoms with Gasteiger partial charge < -0.3 is 4.90 Å². The fraction of sp³-hybridized carbons (Fsp3) is 0.714. The fourth-order valence-corrected chi connectivity index (χ4v) is 2.87. The Morgan fingerprint density at radius 3 is 2.95 bits per heavy atom. The normalized spacial score (nSPS) is 20.2. The molecule has 1 unspecified atom stereocenters. The average molecular weight is 263 g/mol. The highest BCUT2D eigenvalue weighted by Crippen LogP contribution is 2.25. The number of nitrogens with two attached hydrogens (primary N) is 1. The Labute approximate surface area is 115 Å². The Morgan fingerprint density at radius 1 is 1.37 bits per heavy atom. The van der Waals surface area contributed by atoms with Crippen molar-refractivity contribution in [2.75, 3.05) is 23.4 Å². The minimum Gasteiger partial charge on any atom is -0.356 e. The molecule has 0 amide bonds. The molecule has 1 aliphatic heterocycles. The highest BCUT2D eigenvalue weighted by atomic mass is 15.3. The molecule has 0 radical (unpaired) electrons. The predicted molar refractivity (Wildman–Crippen MR) is 79.0 cm³/mol. The van der Waals surface area contributed by atoms with E-state index in [4.69, 9.17) is 5.84 Å². The summed E-state index contributed by atoms with van der Waals surface area (Å²) in [6.07, 6.45) is 6.50. The van der Waals surface area contributed by atoms with Crippen molar-refractivity contribution in [3.63, 3.8) is 0 Å². The van der Waals surface area contributed by atoms with Crippen molar-refractivity contribution in [3.8, 4) is 0 Å². The molecule has 19 heavy (non-hydrogen) atoms. The molecular formula is C14H25N5. The van der Waals surface area contributed by atoms with Gasteiger partial charge in [0.25, 0.3) is 0 Å². The van der Waals surface area contributed by atoms with E-state index in [1.54, 1.807) is 0 Å². The second kappa shape index (κ2) is 6.70. The molecule has 0 aliphatic carbocycles. The smallest absolute Gasteiger partial charge is 0.239 e. The summed E-state index contributed by atoms with van der Waals surface area (Å²) in [5.41, 5.74) is 3.49. The topological polar surface area (TPSA) is 67.1 Å². The summed E-state index contributed by atoms with van der Waals surface area (Å²) in [6, 6.07) is 2.04. The van der Waals surface area contributed by atoms with E-state index in [-0.39, 0.29) is 0 Å². The molecule has 106 valence electrons. The quantitative estimate of drug-likeness (QED) is 0.645. The molecule has 1 aliphatic rings. The largest absolute Gasteiger partial charge is 0.356 e. The van der Waals surface area contributed by atoms with E-state index < -0.39 is 0 Å². The third-order valence-electron chi connectivity index (χ3n) is 3.84. The molecule has 1 atom stereocenters. The van der Waals surface area contributed by atoms with Gasteiger partial charge in [0.15, 0.2) is 0 Å².